The van der Waals surface area contributed by atoms with Gasteiger partial charge >= 0.3 is 0 Å². The lowest BCUT2D eigenvalue weighted by Crippen LogP contribution is -2.38. The van der Waals surface area contributed by atoms with Crippen LogP contribution in [0.4, 0.5) is 5.82 Å². The van der Waals surface area contributed by atoms with Gasteiger partial charge in [0.2, 0.25) is 5.28 Å². The van der Waals surface area contributed by atoms with E-state index in [0.717, 1.165) is 41.3 Å². The molecule has 20 heavy (non-hydrogen) atoms. The molecule has 0 aromatic carbocycles. The fourth-order valence-electron chi connectivity index (χ4n) is 2.50. The summed E-state index contributed by atoms with van der Waals surface area (Å²) in [5, 5.41) is 2.22. The molecule has 3 heterocycles. The van der Waals surface area contributed by atoms with E-state index >= 15 is 0 Å². The minimum atomic E-state index is 0.364. The van der Waals surface area contributed by atoms with Crippen LogP contribution in [0.3, 0.4) is 0 Å². The summed E-state index contributed by atoms with van der Waals surface area (Å²) < 4.78 is 0. The predicted molar refractivity (Wildman–Crippen MR) is 90.6 cm³/mol. The van der Waals surface area contributed by atoms with Gasteiger partial charge in [0.15, 0.2) is 0 Å². The molecule has 108 valence electrons. The van der Waals surface area contributed by atoms with Gasteiger partial charge < -0.3 is 4.90 Å². The van der Waals surface area contributed by atoms with Crippen molar-refractivity contribution in [3.8, 4) is 0 Å². The molecule has 0 radical (unpaired) electrons. The molecular weight excluding hydrogens is 310 g/mol. The average molecular weight is 328 g/mol. The second-order valence-corrected chi connectivity index (χ2v) is 7.81. The maximum Gasteiger partial charge on any atom is 0.225 e. The lowest BCUT2D eigenvalue weighted by Gasteiger charge is -2.33. The number of hydrogen-bond donors (Lipinski definition) is 0. The Morgan fingerprint density at radius 3 is 3.00 bits per heavy atom. The third-order valence-corrected chi connectivity index (χ3v) is 6.35. The number of hydrogen-bond acceptors (Lipinski definition) is 5. The first-order valence-corrected chi connectivity index (χ1v) is 9.28. The van der Waals surface area contributed by atoms with E-state index < -0.39 is 0 Å². The number of anilines is 1. The van der Waals surface area contributed by atoms with Crippen LogP contribution in [-0.2, 0) is 6.42 Å². The molecule has 0 saturated carbocycles. The van der Waals surface area contributed by atoms with Gasteiger partial charge in [-0.15, -0.1) is 11.3 Å². The third-order valence-electron chi connectivity index (χ3n) is 3.64. The molecule has 0 amide bonds. The maximum absolute atomic E-state index is 6.12. The Morgan fingerprint density at radius 1 is 1.40 bits per heavy atom. The monoisotopic (exact) mass is 327 g/mol. The van der Waals surface area contributed by atoms with Crippen molar-refractivity contribution in [3.63, 3.8) is 0 Å². The molecule has 0 aliphatic carbocycles. The number of aryl methyl sites for hydroxylation is 1. The number of halogens is 1. The van der Waals surface area contributed by atoms with Crippen molar-refractivity contribution in [1.29, 1.82) is 0 Å². The van der Waals surface area contributed by atoms with Crippen LogP contribution in [-0.4, -0.2) is 34.1 Å². The minimum Gasteiger partial charge on any atom is -0.354 e. The molecule has 6 heteroatoms. The van der Waals surface area contributed by atoms with Gasteiger partial charge in [0, 0.05) is 29.0 Å². The Hall–Kier alpha value is -0.520. The van der Waals surface area contributed by atoms with Gasteiger partial charge in [-0.1, -0.05) is 13.8 Å². The number of rotatable bonds is 3. The van der Waals surface area contributed by atoms with E-state index in [0.29, 0.717) is 10.5 Å². The van der Waals surface area contributed by atoms with Crippen molar-refractivity contribution in [2.45, 2.75) is 31.9 Å². The molecule has 3 nitrogen and oxygen atoms in total. The Labute approximate surface area is 132 Å². The van der Waals surface area contributed by atoms with E-state index in [-0.39, 0.29) is 0 Å². The molecule has 0 bridgehead atoms. The van der Waals surface area contributed by atoms with Gasteiger partial charge in [-0.3, -0.25) is 0 Å². The summed E-state index contributed by atoms with van der Waals surface area (Å²) in [6.07, 6.45) is 2.23. The van der Waals surface area contributed by atoms with Crippen molar-refractivity contribution in [2.24, 2.45) is 0 Å². The van der Waals surface area contributed by atoms with Crippen molar-refractivity contribution in [3.05, 3.63) is 16.2 Å². The first kappa shape index (κ1) is 14.4. The molecule has 1 atom stereocenters. The van der Waals surface area contributed by atoms with E-state index in [1.54, 1.807) is 11.3 Å². The van der Waals surface area contributed by atoms with Crippen LogP contribution >= 0.6 is 34.7 Å². The molecule has 1 unspecified atom stereocenters. The molecule has 0 spiro atoms. The van der Waals surface area contributed by atoms with E-state index in [9.17, 15) is 0 Å². The molecule has 1 saturated heterocycles. The summed E-state index contributed by atoms with van der Waals surface area (Å²) in [5.74, 6) is 2.18. The van der Waals surface area contributed by atoms with Gasteiger partial charge in [0.05, 0.1) is 5.39 Å². The van der Waals surface area contributed by atoms with Gasteiger partial charge in [-0.2, -0.15) is 16.7 Å². The Morgan fingerprint density at radius 2 is 2.25 bits per heavy atom. The van der Waals surface area contributed by atoms with Crippen LogP contribution in [0, 0.1) is 0 Å². The first-order chi connectivity index (χ1) is 9.71. The van der Waals surface area contributed by atoms with E-state index in [1.165, 1.54) is 11.3 Å². The summed E-state index contributed by atoms with van der Waals surface area (Å²) in [6, 6.07) is 2.23. The number of thioether (sulfide) groups is 1. The molecule has 0 N–H and O–H groups in total. The Kier molecular flexibility index (Phi) is 4.38. The first-order valence-electron chi connectivity index (χ1n) is 7.03. The van der Waals surface area contributed by atoms with Gasteiger partial charge in [0.1, 0.15) is 10.6 Å². The highest BCUT2D eigenvalue weighted by atomic mass is 35.5. The minimum absolute atomic E-state index is 0.364. The lowest BCUT2D eigenvalue weighted by molar-refractivity contribution is 0.722. The number of fused-ring (bicyclic) bond motifs is 1. The van der Waals surface area contributed by atoms with E-state index in [1.807, 2.05) is 0 Å². The van der Waals surface area contributed by atoms with Crippen molar-refractivity contribution < 1.29 is 0 Å². The number of thiophene rings is 1. The van der Waals surface area contributed by atoms with Gasteiger partial charge in [0.25, 0.3) is 0 Å². The zero-order valence-electron chi connectivity index (χ0n) is 11.7. The van der Waals surface area contributed by atoms with Crippen LogP contribution in [0.15, 0.2) is 6.07 Å². The summed E-state index contributed by atoms with van der Waals surface area (Å²) >= 11 is 9.91. The molecular formula is C14H18ClN3S2. The molecule has 2 aromatic heterocycles. The molecule has 1 aliphatic rings. The van der Waals surface area contributed by atoms with Crippen LogP contribution in [0.25, 0.3) is 10.2 Å². The number of aromatic nitrogens is 2. The van der Waals surface area contributed by atoms with Crippen LogP contribution in [0.2, 0.25) is 5.28 Å². The SMILES string of the molecule is CCc1cc2c(N3CCSC(CC)C3)nc(Cl)nc2s1. The predicted octanol–water partition coefficient (Wildman–Crippen LogP) is 4.24. The largest absolute Gasteiger partial charge is 0.354 e. The molecule has 1 aliphatic heterocycles. The fourth-order valence-corrected chi connectivity index (χ4v) is 4.86. The lowest BCUT2D eigenvalue weighted by atomic mass is 10.2. The summed E-state index contributed by atoms with van der Waals surface area (Å²) in [4.78, 5) is 13.6. The van der Waals surface area contributed by atoms with Crippen molar-refractivity contribution in [1.82, 2.24) is 9.97 Å². The smallest absolute Gasteiger partial charge is 0.225 e. The zero-order chi connectivity index (χ0) is 14.1. The quantitative estimate of drug-likeness (QED) is 0.788. The Balaban J connectivity index is 2.03. The van der Waals surface area contributed by atoms with Gasteiger partial charge in [-0.05, 0) is 30.5 Å². The summed E-state index contributed by atoms with van der Waals surface area (Å²) in [7, 11) is 0. The zero-order valence-corrected chi connectivity index (χ0v) is 14.1. The third kappa shape index (κ3) is 2.76. The second-order valence-electron chi connectivity index (χ2n) is 4.95. The van der Waals surface area contributed by atoms with Crippen LogP contribution in [0.1, 0.15) is 25.1 Å². The summed E-state index contributed by atoms with van der Waals surface area (Å²) in [5.41, 5.74) is 0. The van der Waals surface area contributed by atoms with Crippen LogP contribution < -0.4 is 4.90 Å². The van der Waals surface area contributed by atoms with Crippen molar-refractivity contribution >= 4 is 50.7 Å². The average Bonchev–Trinajstić information content (AvgIpc) is 2.89. The molecule has 2 aromatic rings. The fraction of sp³-hybridized carbons (Fsp3) is 0.571. The standard InChI is InChI=1S/C14H18ClN3S2/c1-3-9-7-11-12(16-14(15)17-13(11)20-9)18-5-6-19-10(4-2)8-18/h7,10H,3-6,8H2,1-2H3. The van der Waals surface area contributed by atoms with Gasteiger partial charge in [-0.25, -0.2) is 4.98 Å². The van der Waals surface area contributed by atoms with E-state index in [4.69, 9.17) is 11.6 Å². The van der Waals surface area contributed by atoms with Crippen LogP contribution in [0.5, 0.6) is 0 Å². The Bertz CT molecular complexity index is 614. The highest BCUT2D eigenvalue weighted by Crippen LogP contribution is 2.34. The normalized spacial score (nSPS) is 19.8. The second kappa shape index (κ2) is 6.08. The highest BCUT2D eigenvalue weighted by Gasteiger charge is 2.23. The summed E-state index contributed by atoms with van der Waals surface area (Å²) in [6.45, 7) is 6.52. The van der Waals surface area contributed by atoms with E-state index in [2.05, 4.69) is 46.5 Å². The molecule has 1 fully saturated rings. The topological polar surface area (TPSA) is 29.0 Å². The number of nitrogens with zero attached hydrogens (tertiary/aromatic N) is 3. The van der Waals surface area contributed by atoms with Crippen molar-refractivity contribution in [2.75, 3.05) is 23.7 Å². The molecule has 3 rings (SSSR count). The maximum atomic E-state index is 6.12. The highest BCUT2D eigenvalue weighted by molar-refractivity contribution is 8.00.